The minimum Gasteiger partial charge on any atom is -0.475 e. The van der Waals surface area contributed by atoms with Crippen molar-refractivity contribution < 1.29 is 32.5 Å². The molecule has 1 saturated heterocycles. The van der Waals surface area contributed by atoms with Gasteiger partial charge >= 0.3 is 12.1 Å². The Labute approximate surface area is 149 Å². The molecule has 0 aromatic carbocycles. The van der Waals surface area contributed by atoms with Crippen LogP contribution in [0.4, 0.5) is 13.2 Å². The van der Waals surface area contributed by atoms with Gasteiger partial charge in [-0.25, -0.2) is 9.78 Å². The van der Waals surface area contributed by atoms with Crippen LogP contribution in [0.3, 0.4) is 0 Å². The van der Waals surface area contributed by atoms with Crippen molar-refractivity contribution in [3.8, 4) is 5.88 Å². The summed E-state index contributed by atoms with van der Waals surface area (Å²) in [5.41, 5.74) is 0. The van der Waals surface area contributed by atoms with E-state index >= 15 is 0 Å². The van der Waals surface area contributed by atoms with E-state index in [9.17, 15) is 13.2 Å². The second-order valence-electron chi connectivity index (χ2n) is 5.89. The summed E-state index contributed by atoms with van der Waals surface area (Å²) in [6.45, 7) is 6.53. The van der Waals surface area contributed by atoms with E-state index in [4.69, 9.17) is 19.4 Å². The molecule has 1 aliphatic carbocycles. The van der Waals surface area contributed by atoms with Gasteiger partial charge in [0.25, 0.3) is 0 Å². The SMILES string of the molecule is C=CCN1CCO[C@H]2[C@@H](Oc3ccccn3)CC[C@@H]21.O=C(O)C(F)(F)F. The number of ether oxygens (including phenoxy) is 2. The fourth-order valence-electron chi connectivity index (χ4n) is 3.08. The lowest BCUT2D eigenvalue weighted by Gasteiger charge is -2.38. The summed E-state index contributed by atoms with van der Waals surface area (Å²) in [4.78, 5) is 15.6. The molecule has 0 spiro atoms. The number of aliphatic carboxylic acids is 1. The quantitative estimate of drug-likeness (QED) is 0.817. The zero-order valence-corrected chi connectivity index (χ0v) is 14.1. The van der Waals surface area contributed by atoms with E-state index in [1.807, 2.05) is 24.3 Å². The number of fused-ring (bicyclic) bond motifs is 1. The highest BCUT2D eigenvalue weighted by atomic mass is 19.4. The van der Waals surface area contributed by atoms with Gasteiger partial charge in [-0.2, -0.15) is 13.2 Å². The van der Waals surface area contributed by atoms with E-state index in [1.54, 1.807) is 6.20 Å². The highest BCUT2D eigenvalue weighted by Gasteiger charge is 2.43. The first kappa shape index (κ1) is 20.2. The van der Waals surface area contributed by atoms with E-state index in [-0.39, 0.29) is 12.2 Å². The highest BCUT2D eigenvalue weighted by Crippen LogP contribution is 2.32. The third-order valence-electron chi connectivity index (χ3n) is 4.17. The summed E-state index contributed by atoms with van der Waals surface area (Å²) in [7, 11) is 0. The normalized spacial score (nSPS) is 25.6. The van der Waals surface area contributed by atoms with Gasteiger partial charge in [-0.3, -0.25) is 4.90 Å². The monoisotopic (exact) mass is 374 g/mol. The molecule has 3 atom stereocenters. The molecule has 26 heavy (non-hydrogen) atoms. The van der Waals surface area contributed by atoms with Crippen LogP contribution in [0.5, 0.6) is 5.88 Å². The van der Waals surface area contributed by atoms with Crippen LogP contribution in [0, 0.1) is 0 Å². The van der Waals surface area contributed by atoms with Crippen molar-refractivity contribution in [2.24, 2.45) is 0 Å². The Morgan fingerprint density at radius 3 is 2.77 bits per heavy atom. The van der Waals surface area contributed by atoms with Gasteiger partial charge in [0, 0.05) is 31.4 Å². The zero-order valence-electron chi connectivity index (χ0n) is 14.1. The highest BCUT2D eigenvalue weighted by molar-refractivity contribution is 5.73. The van der Waals surface area contributed by atoms with Crippen molar-refractivity contribution in [1.29, 1.82) is 0 Å². The lowest BCUT2D eigenvalue weighted by Crippen LogP contribution is -2.52. The topological polar surface area (TPSA) is 71.9 Å². The molecule has 2 heterocycles. The average molecular weight is 374 g/mol. The lowest BCUT2D eigenvalue weighted by atomic mass is 10.1. The second kappa shape index (κ2) is 9.00. The number of alkyl halides is 3. The molecular weight excluding hydrogens is 353 g/mol. The van der Waals surface area contributed by atoms with Crippen molar-refractivity contribution in [3.63, 3.8) is 0 Å². The largest absolute Gasteiger partial charge is 0.490 e. The standard InChI is InChI=1S/C15H20N2O2.C2HF3O2/c1-2-9-17-10-11-18-15-12(17)6-7-13(15)19-14-5-3-4-8-16-14;3-2(4,5)1(6)7/h2-5,8,12-13,15H,1,6-7,9-11H2;(H,6,7)/t12-,13-,15+;/m0./s1. The maximum Gasteiger partial charge on any atom is 0.490 e. The van der Waals surface area contributed by atoms with Gasteiger partial charge in [-0.05, 0) is 18.9 Å². The maximum absolute atomic E-state index is 10.6. The van der Waals surface area contributed by atoms with Crippen LogP contribution in [0.2, 0.25) is 0 Å². The molecule has 0 bridgehead atoms. The molecule has 3 rings (SSSR count). The summed E-state index contributed by atoms with van der Waals surface area (Å²) < 4.78 is 43.7. The number of morpholine rings is 1. The van der Waals surface area contributed by atoms with Gasteiger partial charge in [0.05, 0.1) is 6.61 Å². The number of carboxylic acid groups (broad SMARTS) is 1. The minimum atomic E-state index is -5.08. The van der Waals surface area contributed by atoms with E-state index in [2.05, 4.69) is 16.5 Å². The molecule has 1 aliphatic heterocycles. The molecule has 1 saturated carbocycles. The number of pyridine rings is 1. The van der Waals surface area contributed by atoms with Gasteiger partial charge in [0.1, 0.15) is 12.2 Å². The Morgan fingerprint density at radius 2 is 2.19 bits per heavy atom. The van der Waals surface area contributed by atoms with Crippen LogP contribution in [0.15, 0.2) is 37.1 Å². The molecule has 0 unspecified atom stereocenters. The fourth-order valence-corrected chi connectivity index (χ4v) is 3.08. The number of rotatable bonds is 4. The Bertz CT molecular complexity index is 597. The molecule has 1 aromatic rings. The minimum absolute atomic E-state index is 0.118. The van der Waals surface area contributed by atoms with Crippen LogP contribution in [-0.4, -0.2) is 65.1 Å². The third-order valence-corrected chi connectivity index (χ3v) is 4.17. The molecule has 2 aliphatic rings. The molecule has 0 amide bonds. The Hall–Kier alpha value is -2.13. The number of aromatic nitrogens is 1. The predicted molar refractivity (Wildman–Crippen MR) is 86.9 cm³/mol. The smallest absolute Gasteiger partial charge is 0.475 e. The number of nitrogens with zero attached hydrogens (tertiary/aromatic N) is 2. The lowest BCUT2D eigenvalue weighted by molar-refractivity contribution is -0.192. The fraction of sp³-hybridized carbons (Fsp3) is 0.529. The molecule has 1 N–H and O–H groups in total. The average Bonchev–Trinajstić information content (AvgIpc) is 3.00. The number of halogens is 3. The second-order valence-corrected chi connectivity index (χ2v) is 5.89. The first-order valence-corrected chi connectivity index (χ1v) is 8.17. The van der Waals surface area contributed by atoms with Crippen molar-refractivity contribution in [3.05, 3.63) is 37.1 Å². The zero-order chi connectivity index (χ0) is 19.2. The van der Waals surface area contributed by atoms with Crippen LogP contribution < -0.4 is 4.74 Å². The molecule has 2 fully saturated rings. The summed E-state index contributed by atoms with van der Waals surface area (Å²) in [5.74, 6) is -2.06. The summed E-state index contributed by atoms with van der Waals surface area (Å²) in [6, 6.07) is 6.20. The first-order valence-electron chi connectivity index (χ1n) is 8.17. The van der Waals surface area contributed by atoms with Crippen molar-refractivity contribution in [2.45, 2.75) is 37.3 Å². The molecular formula is C17H21F3N2O4. The predicted octanol–water partition coefficient (Wildman–Crippen LogP) is 2.51. The Morgan fingerprint density at radius 1 is 1.46 bits per heavy atom. The number of hydrogen-bond donors (Lipinski definition) is 1. The van der Waals surface area contributed by atoms with Gasteiger partial charge < -0.3 is 14.6 Å². The van der Waals surface area contributed by atoms with Gasteiger partial charge in [0.2, 0.25) is 5.88 Å². The van der Waals surface area contributed by atoms with Crippen molar-refractivity contribution >= 4 is 5.97 Å². The molecule has 1 aromatic heterocycles. The van der Waals surface area contributed by atoms with E-state index < -0.39 is 12.1 Å². The first-order chi connectivity index (χ1) is 12.3. The third kappa shape index (κ3) is 5.43. The van der Waals surface area contributed by atoms with E-state index in [1.165, 1.54) is 0 Å². The molecule has 6 nitrogen and oxygen atoms in total. The summed E-state index contributed by atoms with van der Waals surface area (Å²) in [6.07, 6.45) is 1.07. The van der Waals surface area contributed by atoms with Gasteiger partial charge in [-0.1, -0.05) is 12.1 Å². The van der Waals surface area contributed by atoms with Crippen LogP contribution in [0.25, 0.3) is 0 Å². The van der Waals surface area contributed by atoms with Gasteiger partial charge in [-0.15, -0.1) is 6.58 Å². The summed E-state index contributed by atoms with van der Waals surface area (Å²) in [5, 5.41) is 7.12. The van der Waals surface area contributed by atoms with E-state index in [0.29, 0.717) is 11.9 Å². The number of hydrogen-bond acceptors (Lipinski definition) is 5. The molecule has 9 heteroatoms. The van der Waals surface area contributed by atoms with Crippen LogP contribution >= 0.6 is 0 Å². The van der Waals surface area contributed by atoms with E-state index in [0.717, 1.165) is 32.5 Å². The van der Waals surface area contributed by atoms with Crippen LogP contribution in [0.1, 0.15) is 12.8 Å². The maximum atomic E-state index is 10.6. The Balaban J connectivity index is 0.000000298. The number of carboxylic acids is 1. The summed E-state index contributed by atoms with van der Waals surface area (Å²) >= 11 is 0. The van der Waals surface area contributed by atoms with Crippen molar-refractivity contribution in [1.82, 2.24) is 9.88 Å². The Kier molecular flexibility index (Phi) is 6.98. The van der Waals surface area contributed by atoms with Gasteiger partial charge in [0.15, 0.2) is 0 Å². The van der Waals surface area contributed by atoms with Crippen LogP contribution in [-0.2, 0) is 9.53 Å². The number of carbonyl (C=O) groups is 1. The molecule has 0 radical (unpaired) electrons. The molecule has 144 valence electrons. The van der Waals surface area contributed by atoms with Crippen molar-refractivity contribution in [2.75, 3.05) is 19.7 Å².